The fourth-order valence-corrected chi connectivity index (χ4v) is 8.32. The van der Waals surface area contributed by atoms with Crippen molar-refractivity contribution in [1.29, 1.82) is 0 Å². The summed E-state index contributed by atoms with van der Waals surface area (Å²) in [5.74, 6) is 1.11. The van der Waals surface area contributed by atoms with Crippen molar-refractivity contribution < 1.29 is 19.2 Å². The highest BCUT2D eigenvalue weighted by Crippen LogP contribution is 2.49. The van der Waals surface area contributed by atoms with Gasteiger partial charge in [-0.2, -0.15) is 0 Å². The fourth-order valence-electron chi connectivity index (χ4n) is 6.71. The lowest BCUT2D eigenvalue weighted by atomic mass is 9.81. The summed E-state index contributed by atoms with van der Waals surface area (Å²) in [5, 5.41) is 15.8. The van der Waals surface area contributed by atoms with Crippen LogP contribution in [-0.2, 0) is 18.4 Å². The van der Waals surface area contributed by atoms with Gasteiger partial charge in [-0.25, -0.2) is 9.78 Å². The molecule has 0 bridgehead atoms. The topological polar surface area (TPSA) is 88.7 Å². The number of anilines is 1. The lowest BCUT2D eigenvalue weighted by Gasteiger charge is -2.25. The van der Waals surface area contributed by atoms with Crippen LogP contribution in [0.2, 0.25) is 10.0 Å². The number of carbonyl (C=O) groups is 1. The van der Waals surface area contributed by atoms with Crippen molar-refractivity contribution >= 4 is 55.9 Å². The number of aromatic nitrogens is 2. The molecule has 1 atom stereocenters. The molecule has 2 aliphatic carbocycles. The Morgan fingerprint density at radius 2 is 1.95 bits per heavy atom. The summed E-state index contributed by atoms with van der Waals surface area (Å²) in [5.41, 5.74) is 6.11. The van der Waals surface area contributed by atoms with Crippen LogP contribution in [0.4, 0.5) is 5.13 Å². The van der Waals surface area contributed by atoms with Crippen LogP contribution in [0.1, 0.15) is 64.4 Å². The number of ether oxygens (including phenoxy) is 1. The number of rotatable bonds is 7. The van der Waals surface area contributed by atoms with Crippen molar-refractivity contribution in [3.05, 3.63) is 92.7 Å². The quantitative estimate of drug-likeness (QED) is 0.192. The van der Waals surface area contributed by atoms with Gasteiger partial charge in [-0.1, -0.05) is 51.8 Å². The van der Waals surface area contributed by atoms with Gasteiger partial charge in [0.05, 0.1) is 31.4 Å². The van der Waals surface area contributed by atoms with Gasteiger partial charge in [0.25, 0.3) is 0 Å². The Morgan fingerprint density at radius 3 is 2.74 bits per heavy atom. The molecule has 1 saturated carbocycles. The number of thiazole rings is 1. The van der Waals surface area contributed by atoms with E-state index in [1.807, 2.05) is 18.2 Å². The molecule has 0 amide bonds. The van der Waals surface area contributed by atoms with E-state index < -0.39 is 5.97 Å². The third-order valence-corrected chi connectivity index (χ3v) is 10.8. The Bertz CT molecular complexity index is 1900. The van der Waals surface area contributed by atoms with Crippen molar-refractivity contribution in [3.63, 3.8) is 0 Å². The maximum atomic E-state index is 11.4. The van der Waals surface area contributed by atoms with Crippen molar-refractivity contribution in [2.24, 2.45) is 0 Å². The molecule has 5 aromatic rings. The third-order valence-electron chi connectivity index (χ3n) is 9.12. The number of hydrogen-bond acceptors (Lipinski definition) is 7. The SMILES string of the molecule is O=C(O)c1ccc2nc(N3CCC4(CCc5ccc(OCc6c(-c7c(Cl)cccc7Cl)noc6C6CC6)cc54)C3)sc2c1. The molecule has 8 rings (SSSR count). The van der Waals surface area contributed by atoms with Gasteiger partial charge in [0.1, 0.15) is 23.8 Å². The second-order valence-corrected chi connectivity index (χ2v) is 13.6. The molecule has 1 spiro atoms. The summed E-state index contributed by atoms with van der Waals surface area (Å²) < 4.78 is 13.2. The molecule has 3 aliphatic rings. The number of carboxylic acid groups (broad SMARTS) is 1. The smallest absolute Gasteiger partial charge is 0.335 e. The number of hydrogen-bond donors (Lipinski definition) is 1. The molecule has 2 aromatic heterocycles. The van der Waals surface area contributed by atoms with Gasteiger partial charge < -0.3 is 19.3 Å². The van der Waals surface area contributed by atoms with Crippen LogP contribution in [0.5, 0.6) is 5.75 Å². The van der Waals surface area contributed by atoms with E-state index in [0.717, 1.165) is 77.6 Å². The molecule has 1 N–H and O–H groups in total. The molecule has 2 fully saturated rings. The monoisotopic (exact) mass is 631 g/mol. The molecular formula is C33H27Cl2N3O4S. The largest absolute Gasteiger partial charge is 0.489 e. The first-order chi connectivity index (χ1) is 20.9. The van der Waals surface area contributed by atoms with Crippen molar-refractivity contribution in [2.75, 3.05) is 18.0 Å². The number of benzene rings is 3. The summed E-state index contributed by atoms with van der Waals surface area (Å²) in [6.45, 7) is 2.10. The average molecular weight is 633 g/mol. The predicted octanol–water partition coefficient (Wildman–Crippen LogP) is 8.51. The average Bonchev–Trinajstić information content (AvgIpc) is 3.33. The van der Waals surface area contributed by atoms with Crippen LogP contribution < -0.4 is 9.64 Å². The van der Waals surface area contributed by atoms with Gasteiger partial charge in [-0.3, -0.25) is 0 Å². The van der Waals surface area contributed by atoms with E-state index in [4.69, 9.17) is 37.4 Å². The van der Waals surface area contributed by atoms with E-state index in [0.29, 0.717) is 33.8 Å². The zero-order chi connectivity index (χ0) is 29.3. The summed E-state index contributed by atoms with van der Waals surface area (Å²) in [4.78, 5) is 18.6. The van der Waals surface area contributed by atoms with Crippen LogP contribution in [0.25, 0.3) is 21.5 Å². The molecule has 1 aliphatic heterocycles. The second kappa shape index (κ2) is 10.3. The number of fused-ring (bicyclic) bond motifs is 3. The number of carboxylic acids is 1. The van der Waals surface area contributed by atoms with Crippen LogP contribution >= 0.6 is 34.5 Å². The van der Waals surface area contributed by atoms with E-state index >= 15 is 0 Å². The lowest BCUT2D eigenvalue weighted by molar-refractivity contribution is 0.0697. The second-order valence-electron chi connectivity index (χ2n) is 11.8. The Morgan fingerprint density at radius 1 is 1.12 bits per heavy atom. The molecule has 3 aromatic carbocycles. The van der Waals surface area contributed by atoms with E-state index in [9.17, 15) is 9.90 Å². The van der Waals surface area contributed by atoms with Crippen LogP contribution in [-0.4, -0.2) is 34.3 Å². The highest BCUT2D eigenvalue weighted by Gasteiger charge is 2.45. The highest BCUT2D eigenvalue weighted by atomic mass is 35.5. The fraction of sp³-hybridized carbons (Fsp3) is 0.303. The van der Waals surface area contributed by atoms with Crippen LogP contribution in [0.3, 0.4) is 0 Å². The van der Waals surface area contributed by atoms with E-state index in [-0.39, 0.29) is 11.0 Å². The Balaban J connectivity index is 1.05. The summed E-state index contributed by atoms with van der Waals surface area (Å²) >= 11 is 14.7. The van der Waals surface area contributed by atoms with Crippen LogP contribution in [0.15, 0.2) is 59.1 Å². The normalized spacial score (nSPS) is 19.4. The maximum absolute atomic E-state index is 11.4. The summed E-state index contributed by atoms with van der Waals surface area (Å²) in [7, 11) is 0. The van der Waals surface area contributed by atoms with Gasteiger partial charge in [0.2, 0.25) is 0 Å². The molecular weight excluding hydrogens is 605 g/mol. The minimum absolute atomic E-state index is 0.0331. The molecule has 7 nitrogen and oxygen atoms in total. The number of aryl methyl sites for hydroxylation is 1. The molecule has 1 unspecified atom stereocenters. The standard InChI is InChI=1S/C33H27Cl2N3O4S/c34-24-2-1-3-25(35)28(24)29-22(30(42-37-29)19-4-5-19)16-41-21-8-6-18-10-11-33(23(18)15-21)12-13-38(17-33)32-36-26-9-7-20(31(39)40)14-27(26)43-32/h1-3,6-9,14-15,19H,4-5,10-13,16-17H2,(H,39,40). The molecule has 0 radical (unpaired) electrons. The van der Waals surface area contributed by atoms with E-state index in [1.165, 1.54) is 11.1 Å². The Kier molecular flexibility index (Phi) is 6.44. The number of nitrogens with zero attached hydrogens (tertiary/aromatic N) is 3. The minimum Gasteiger partial charge on any atom is -0.489 e. The molecule has 3 heterocycles. The van der Waals surface area contributed by atoms with Crippen molar-refractivity contribution in [2.45, 2.75) is 50.0 Å². The number of halogens is 2. The third kappa shape index (κ3) is 4.67. The van der Waals surface area contributed by atoms with E-state index in [2.05, 4.69) is 28.3 Å². The molecule has 1 saturated heterocycles. The zero-order valence-corrected chi connectivity index (χ0v) is 25.4. The van der Waals surface area contributed by atoms with Crippen LogP contribution in [0, 0.1) is 0 Å². The first kappa shape index (κ1) is 27.0. The Labute approximate surface area is 262 Å². The summed E-state index contributed by atoms with van der Waals surface area (Å²) in [6.07, 6.45) is 5.31. The molecule has 10 heteroatoms. The number of aromatic carboxylic acids is 1. The van der Waals surface area contributed by atoms with Gasteiger partial charge in [-0.15, -0.1) is 0 Å². The Hall–Kier alpha value is -3.59. The lowest BCUT2D eigenvalue weighted by Crippen LogP contribution is -2.28. The van der Waals surface area contributed by atoms with Gasteiger partial charge in [0.15, 0.2) is 5.13 Å². The highest BCUT2D eigenvalue weighted by molar-refractivity contribution is 7.22. The zero-order valence-electron chi connectivity index (χ0n) is 23.1. The summed E-state index contributed by atoms with van der Waals surface area (Å²) in [6, 6.07) is 17.1. The molecule has 218 valence electrons. The minimum atomic E-state index is -0.922. The first-order valence-corrected chi connectivity index (χ1v) is 16.0. The first-order valence-electron chi connectivity index (χ1n) is 14.5. The predicted molar refractivity (Wildman–Crippen MR) is 168 cm³/mol. The molecule has 43 heavy (non-hydrogen) atoms. The van der Waals surface area contributed by atoms with Gasteiger partial charge in [0, 0.05) is 30.0 Å². The van der Waals surface area contributed by atoms with Crippen molar-refractivity contribution in [1.82, 2.24) is 10.1 Å². The maximum Gasteiger partial charge on any atom is 0.335 e. The van der Waals surface area contributed by atoms with E-state index in [1.54, 1.807) is 29.5 Å². The van der Waals surface area contributed by atoms with Crippen molar-refractivity contribution in [3.8, 4) is 17.0 Å². The van der Waals surface area contributed by atoms with Gasteiger partial charge in [-0.05, 0) is 85.7 Å². The van der Waals surface area contributed by atoms with Gasteiger partial charge >= 0.3 is 5.97 Å².